The van der Waals surface area contributed by atoms with Crippen LogP contribution in [-0.2, 0) is 13.1 Å². The van der Waals surface area contributed by atoms with Crippen LogP contribution in [0.1, 0.15) is 28.4 Å². The summed E-state index contributed by atoms with van der Waals surface area (Å²) >= 11 is 6.28. The molecule has 0 unspecified atom stereocenters. The SMILES string of the molecule is CCOc1ccc2[nH]c(=O)c(CN(Cc3cccnc3)C(=O)c3ccccc3Cl)cc2c1. The molecule has 1 amide bonds. The Bertz CT molecular complexity index is 1300. The van der Waals surface area contributed by atoms with E-state index in [0.29, 0.717) is 28.3 Å². The van der Waals surface area contributed by atoms with Gasteiger partial charge in [-0.2, -0.15) is 0 Å². The van der Waals surface area contributed by atoms with Crippen LogP contribution < -0.4 is 10.3 Å². The second kappa shape index (κ2) is 9.66. The van der Waals surface area contributed by atoms with E-state index in [2.05, 4.69) is 9.97 Å². The average molecular weight is 448 g/mol. The minimum Gasteiger partial charge on any atom is -0.494 e. The number of carbonyl (C=O) groups excluding carboxylic acids is 1. The highest BCUT2D eigenvalue weighted by molar-refractivity contribution is 6.33. The van der Waals surface area contributed by atoms with Crippen LogP contribution in [0.15, 0.2) is 77.9 Å². The van der Waals surface area contributed by atoms with Gasteiger partial charge in [0.1, 0.15) is 5.75 Å². The number of aromatic amines is 1. The first-order valence-corrected chi connectivity index (χ1v) is 10.6. The molecule has 0 aliphatic heterocycles. The van der Waals surface area contributed by atoms with Gasteiger partial charge in [-0.15, -0.1) is 0 Å². The van der Waals surface area contributed by atoms with Crippen molar-refractivity contribution >= 4 is 28.4 Å². The van der Waals surface area contributed by atoms with Gasteiger partial charge in [-0.25, -0.2) is 0 Å². The Hall–Kier alpha value is -3.64. The fourth-order valence-corrected chi connectivity index (χ4v) is 3.74. The Morgan fingerprint density at radius 1 is 1.09 bits per heavy atom. The Morgan fingerprint density at radius 2 is 1.94 bits per heavy atom. The number of H-pyrrole nitrogens is 1. The average Bonchev–Trinajstić information content (AvgIpc) is 2.80. The molecule has 0 aliphatic carbocycles. The summed E-state index contributed by atoms with van der Waals surface area (Å²) in [4.78, 5) is 34.8. The molecule has 0 bridgehead atoms. The zero-order valence-electron chi connectivity index (χ0n) is 17.5. The van der Waals surface area contributed by atoms with E-state index in [1.165, 1.54) is 0 Å². The minimum atomic E-state index is -0.262. The first-order chi connectivity index (χ1) is 15.5. The van der Waals surface area contributed by atoms with Crippen molar-refractivity contribution in [2.75, 3.05) is 6.61 Å². The lowest BCUT2D eigenvalue weighted by Crippen LogP contribution is -2.32. The number of aromatic nitrogens is 2. The van der Waals surface area contributed by atoms with Crippen molar-refractivity contribution in [3.05, 3.63) is 105 Å². The molecule has 0 saturated carbocycles. The topological polar surface area (TPSA) is 75.3 Å². The van der Waals surface area contributed by atoms with Crippen LogP contribution in [0.3, 0.4) is 0 Å². The van der Waals surface area contributed by atoms with Gasteiger partial charge in [0, 0.05) is 35.4 Å². The number of hydrogen-bond donors (Lipinski definition) is 1. The van der Waals surface area contributed by atoms with Gasteiger partial charge < -0.3 is 14.6 Å². The van der Waals surface area contributed by atoms with Crippen molar-refractivity contribution < 1.29 is 9.53 Å². The molecular formula is C25H22ClN3O3. The van der Waals surface area contributed by atoms with Crippen LogP contribution in [0.25, 0.3) is 10.9 Å². The Balaban J connectivity index is 1.72. The van der Waals surface area contributed by atoms with Gasteiger partial charge in [-0.3, -0.25) is 14.6 Å². The summed E-state index contributed by atoms with van der Waals surface area (Å²) in [5.74, 6) is 0.458. The molecule has 0 atom stereocenters. The zero-order chi connectivity index (χ0) is 22.5. The molecule has 162 valence electrons. The monoisotopic (exact) mass is 447 g/mol. The third-order valence-corrected chi connectivity index (χ3v) is 5.38. The number of pyridine rings is 2. The minimum absolute atomic E-state index is 0.114. The van der Waals surface area contributed by atoms with Gasteiger partial charge >= 0.3 is 0 Å². The predicted octanol–water partition coefficient (Wildman–Crippen LogP) is 4.82. The molecule has 4 aromatic rings. The van der Waals surface area contributed by atoms with E-state index in [9.17, 15) is 9.59 Å². The number of amides is 1. The van der Waals surface area contributed by atoms with Crippen LogP contribution in [-0.4, -0.2) is 27.4 Å². The lowest BCUT2D eigenvalue weighted by atomic mass is 10.1. The number of nitrogens with zero attached hydrogens (tertiary/aromatic N) is 2. The van der Waals surface area contributed by atoms with Crippen molar-refractivity contribution in [2.45, 2.75) is 20.0 Å². The van der Waals surface area contributed by atoms with Crippen molar-refractivity contribution in [3.8, 4) is 5.75 Å². The molecule has 0 saturated heterocycles. The molecule has 4 rings (SSSR count). The zero-order valence-corrected chi connectivity index (χ0v) is 18.3. The molecule has 2 aromatic carbocycles. The second-order valence-electron chi connectivity index (χ2n) is 7.31. The molecule has 0 spiro atoms. The number of halogens is 1. The molecule has 1 N–H and O–H groups in total. The maximum absolute atomic E-state index is 13.4. The Morgan fingerprint density at radius 3 is 2.69 bits per heavy atom. The van der Waals surface area contributed by atoms with E-state index in [4.69, 9.17) is 16.3 Å². The molecule has 0 fully saturated rings. The first-order valence-electron chi connectivity index (χ1n) is 10.3. The van der Waals surface area contributed by atoms with Crippen LogP contribution in [0.4, 0.5) is 0 Å². The van der Waals surface area contributed by atoms with E-state index < -0.39 is 0 Å². The lowest BCUT2D eigenvalue weighted by molar-refractivity contribution is 0.0729. The normalized spacial score (nSPS) is 10.8. The fraction of sp³-hybridized carbons (Fsp3) is 0.160. The van der Waals surface area contributed by atoms with Crippen LogP contribution in [0, 0.1) is 0 Å². The molecular weight excluding hydrogens is 426 g/mol. The molecule has 7 heteroatoms. The fourth-order valence-electron chi connectivity index (χ4n) is 3.53. The number of benzene rings is 2. The quantitative estimate of drug-likeness (QED) is 0.440. The highest BCUT2D eigenvalue weighted by Crippen LogP contribution is 2.22. The number of ether oxygens (including phenoxy) is 1. The Labute approximate surface area is 190 Å². The molecule has 0 radical (unpaired) electrons. The summed E-state index contributed by atoms with van der Waals surface area (Å²) < 4.78 is 5.58. The highest BCUT2D eigenvalue weighted by Gasteiger charge is 2.20. The van der Waals surface area contributed by atoms with E-state index in [-0.39, 0.29) is 24.6 Å². The molecule has 6 nitrogen and oxygen atoms in total. The summed E-state index contributed by atoms with van der Waals surface area (Å²) in [6.45, 7) is 2.86. The van der Waals surface area contributed by atoms with Crippen LogP contribution in [0.2, 0.25) is 5.02 Å². The standard InChI is InChI=1S/C25H22ClN3O3/c1-2-32-20-9-10-23-18(13-20)12-19(24(30)28-23)16-29(15-17-6-5-11-27-14-17)25(31)21-7-3-4-8-22(21)26/h3-14H,2,15-16H2,1H3,(H,28,30). The smallest absolute Gasteiger partial charge is 0.255 e. The predicted molar refractivity (Wildman–Crippen MR) is 125 cm³/mol. The van der Waals surface area contributed by atoms with E-state index in [0.717, 1.165) is 16.7 Å². The number of nitrogens with one attached hydrogen (secondary N) is 1. The summed E-state index contributed by atoms with van der Waals surface area (Å²) in [7, 11) is 0. The van der Waals surface area contributed by atoms with E-state index in [1.54, 1.807) is 47.6 Å². The van der Waals surface area contributed by atoms with Crippen LogP contribution in [0.5, 0.6) is 5.75 Å². The summed E-state index contributed by atoms with van der Waals surface area (Å²) in [5.41, 5.74) is 2.16. The number of hydrogen-bond acceptors (Lipinski definition) is 4. The third kappa shape index (κ3) is 4.81. The van der Waals surface area contributed by atoms with Crippen molar-refractivity contribution in [3.63, 3.8) is 0 Å². The van der Waals surface area contributed by atoms with Gasteiger partial charge in [0.2, 0.25) is 0 Å². The lowest BCUT2D eigenvalue weighted by Gasteiger charge is -2.23. The molecule has 0 aliphatic rings. The highest BCUT2D eigenvalue weighted by atomic mass is 35.5. The maximum Gasteiger partial charge on any atom is 0.255 e. The van der Waals surface area contributed by atoms with Gasteiger partial charge in [-0.1, -0.05) is 29.8 Å². The van der Waals surface area contributed by atoms with Gasteiger partial charge in [-0.05, 0) is 55.0 Å². The maximum atomic E-state index is 13.4. The molecule has 2 heterocycles. The first kappa shape index (κ1) is 21.6. The largest absolute Gasteiger partial charge is 0.494 e. The summed E-state index contributed by atoms with van der Waals surface area (Å²) in [6, 6.07) is 17.9. The van der Waals surface area contributed by atoms with Gasteiger partial charge in [0.05, 0.1) is 23.7 Å². The number of fused-ring (bicyclic) bond motifs is 1. The van der Waals surface area contributed by atoms with Gasteiger partial charge in [0.25, 0.3) is 11.5 Å². The number of carbonyl (C=O) groups is 1. The Kier molecular flexibility index (Phi) is 6.52. The van der Waals surface area contributed by atoms with E-state index >= 15 is 0 Å². The summed E-state index contributed by atoms with van der Waals surface area (Å²) in [6.07, 6.45) is 3.37. The van der Waals surface area contributed by atoms with Gasteiger partial charge in [0.15, 0.2) is 0 Å². The number of rotatable bonds is 7. The van der Waals surface area contributed by atoms with Crippen molar-refractivity contribution in [2.24, 2.45) is 0 Å². The third-order valence-electron chi connectivity index (χ3n) is 5.05. The van der Waals surface area contributed by atoms with E-state index in [1.807, 2.05) is 37.3 Å². The van der Waals surface area contributed by atoms with Crippen molar-refractivity contribution in [1.29, 1.82) is 0 Å². The second-order valence-corrected chi connectivity index (χ2v) is 7.72. The van der Waals surface area contributed by atoms with Crippen molar-refractivity contribution in [1.82, 2.24) is 14.9 Å². The summed E-state index contributed by atoms with van der Waals surface area (Å²) in [5, 5.41) is 1.19. The van der Waals surface area contributed by atoms with Crippen LogP contribution >= 0.6 is 11.6 Å². The molecule has 32 heavy (non-hydrogen) atoms. The molecule has 2 aromatic heterocycles.